The normalized spacial score (nSPS) is 9.94. The zero-order valence-corrected chi connectivity index (χ0v) is 18.6. The molecule has 0 radical (unpaired) electrons. The monoisotopic (exact) mass is 419 g/mol. The van der Waals surface area contributed by atoms with Crippen LogP contribution in [0, 0.1) is 0 Å². The highest BCUT2D eigenvalue weighted by Gasteiger charge is 2.13. The van der Waals surface area contributed by atoms with Gasteiger partial charge in [0.2, 0.25) is 0 Å². The third-order valence-corrected chi connectivity index (χ3v) is 4.68. The number of ether oxygens (including phenoxy) is 2. The average molecular weight is 420 g/mol. The number of hydrogen-bond acceptors (Lipinski definition) is 5. The molecule has 0 aliphatic heterocycles. The van der Waals surface area contributed by atoms with Crippen molar-refractivity contribution >= 4 is 12.3 Å². The van der Waals surface area contributed by atoms with Gasteiger partial charge in [0, 0.05) is 29.9 Å². The Morgan fingerprint density at radius 1 is 1.03 bits per heavy atom. The van der Waals surface area contributed by atoms with Crippen LogP contribution in [0.1, 0.15) is 43.1 Å². The molecular weight excluding hydrogens is 390 g/mol. The minimum Gasteiger partial charge on any atom is -0.497 e. The third kappa shape index (κ3) is 6.25. The van der Waals surface area contributed by atoms with E-state index >= 15 is 0 Å². The lowest BCUT2D eigenvalue weighted by atomic mass is 9.92. The fourth-order valence-corrected chi connectivity index (χ4v) is 3.27. The zero-order valence-electron chi connectivity index (χ0n) is 18.6. The van der Waals surface area contributed by atoms with Crippen LogP contribution in [-0.4, -0.2) is 31.0 Å². The van der Waals surface area contributed by atoms with E-state index in [0.717, 1.165) is 39.9 Å². The molecule has 0 atom stereocenters. The summed E-state index contributed by atoms with van der Waals surface area (Å²) in [7, 11) is 1.61. The molecule has 31 heavy (non-hydrogen) atoms. The predicted octanol–water partition coefficient (Wildman–Crippen LogP) is 5.76. The quantitative estimate of drug-likeness (QED) is 0.343. The maximum absolute atomic E-state index is 11.8. The van der Waals surface area contributed by atoms with Crippen LogP contribution >= 0.6 is 0 Å². The number of benzene rings is 2. The number of hydrogen-bond donors (Lipinski definition) is 0. The highest BCUT2D eigenvalue weighted by molar-refractivity contribution is 5.90. The third-order valence-electron chi connectivity index (χ3n) is 4.68. The van der Waals surface area contributed by atoms with Crippen LogP contribution in [0.4, 0.5) is 0 Å². The van der Waals surface area contributed by atoms with Gasteiger partial charge in [0.1, 0.15) is 5.75 Å². The van der Waals surface area contributed by atoms with E-state index in [1.807, 2.05) is 62.4 Å². The topological polar surface area (TPSA) is 65.5 Å². The van der Waals surface area contributed by atoms with Crippen molar-refractivity contribution in [2.75, 3.05) is 13.7 Å². The van der Waals surface area contributed by atoms with E-state index in [4.69, 9.17) is 9.47 Å². The maximum Gasteiger partial charge on any atom is 0.306 e. The van der Waals surface area contributed by atoms with E-state index in [0.29, 0.717) is 18.6 Å². The number of rotatable bonds is 8. The SMILES string of the molecule is CC.CCOC(=O)CCc1cc(OC)ccc1-c1ccc(-c2cccnc2)c(C=O)c1. The van der Waals surface area contributed by atoms with Gasteiger partial charge in [-0.05, 0) is 59.9 Å². The zero-order chi connectivity index (χ0) is 22.6. The van der Waals surface area contributed by atoms with Crippen LogP contribution in [0.5, 0.6) is 5.75 Å². The summed E-state index contributed by atoms with van der Waals surface area (Å²) in [6.07, 6.45) is 5.09. The number of aromatic nitrogens is 1. The molecule has 0 N–H and O–H groups in total. The number of esters is 1. The molecule has 162 valence electrons. The largest absolute Gasteiger partial charge is 0.497 e. The Morgan fingerprint density at radius 2 is 1.81 bits per heavy atom. The number of nitrogens with zero attached hydrogens (tertiary/aromatic N) is 1. The predicted molar refractivity (Wildman–Crippen MR) is 123 cm³/mol. The van der Waals surface area contributed by atoms with Crippen LogP contribution < -0.4 is 4.74 Å². The van der Waals surface area contributed by atoms with Crippen LogP contribution in [0.3, 0.4) is 0 Å². The van der Waals surface area contributed by atoms with E-state index in [-0.39, 0.29) is 12.4 Å². The molecule has 0 fully saturated rings. The Labute approximate surface area is 184 Å². The number of aryl methyl sites for hydroxylation is 1. The molecule has 0 amide bonds. The van der Waals surface area contributed by atoms with Gasteiger partial charge in [0.25, 0.3) is 0 Å². The van der Waals surface area contributed by atoms with Crippen LogP contribution in [-0.2, 0) is 16.0 Å². The molecule has 0 aliphatic carbocycles. The summed E-state index contributed by atoms with van der Waals surface area (Å²) in [6, 6.07) is 15.3. The van der Waals surface area contributed by atoms with E-state index in [2.05, 4.69) is 4.98 Å². The molecule has 1 aromatic heterocycles. The smallest absolute Gasteiger partial charge is 0.306 e. The maximum atomic E-state index is 11.8. The van der Waals surface area contributed by atoms with E-state index in [1.54, 1.807) is 26.4 Å². The fraction of sp³-hybridized carbons (Fsp3) is 0.269. The Kier molecular flexibility index (Phi) is 9.43. The minimum atomic E-state index is -0.234. The van der Waals surface area contributed by atoms with Crippen molar-refractivity contribution < 1.29 is 19.1 Å². The van der Waals surface area contributed by atoms with Crippen molar-refractivity contribution in [1.29, 1.82) is 0 Å². The van der Waals surface area contributed by atoms with Crippen molar-refractivity contribution in [1.82, 2.24) is 4.98 Å². The lowest BCUT2D eigenvalue weighted by Gasteiger charge is -2.14. The molecule has 1 heterocycles. The minimum absolute atomic E-state index is 0.234. The first-order valence-electron chi connectivity index (χ1n) is 10.5. The van der Waals surface area contributed by atoms with Gasteiger partial charge in [-0.15, -0.1) is 0 Å². The van der Waals surface area contributed by atoms with E-state index in [1.165, 1.54) is 0 Å². The summed E-state index contributed by atoms with van der Waals surface area (Å²) in [4.78, 5) is 27.7. The first-order chi connectivity index (χ1) is 15.2. The molecule has 5 heteroatoms. The molecule has 0 saturated heterocycles. The Balaban J connectivity index is 0.00000166. The summed E-state index contributed by atoms with van der Waals surface area (Å²) >= 11 is 0. The summed E-state index contributed by atoms with van der Waals surface area (Å²) in [5.74, 6) is 0.483. The standard InChI is InChI=1S/C24H23NO4.C2H6/c1-3-29-24(27)11-7-18-14-21(28-2)8-10-22(18)17-6-9-23(20(13-17)16-26)19-5-4-12-25-15-19;1-2/h4-6,8-10,12-16H,3,7,11H2,1-2H3;1-2H3. The van der Waals surface area contributed by atoms with E-state index in [9.17, 15) is 9.59 Å². The molecule has 3 aromatic rings. The van der Waals surface area contributed by atoms with Gasteiger partial charge < -0.3 is 9.47 Å². The van der Waals surface area contributed by atoms with Gasteiger partial charge in [0.05, 0.1) is 13.7 Å². The summed E-state index contributed by atoms with van der Waals surface area (Å²) in [5, 5.41) is 0. The second kappa shape index (κ2) is 12.3. The summed E-state index contributed by atoms with van der Waals surface area (Å²) < 4.78 is 10.4. The van der Waals surface area contributed by atoms with Crippen molar-refractivity contribution in [2.24, 2.45) is 0 Å². The van der Waals surface area contributed by atoms with Crippen molar-refractivity contribution in [3.8, 4) is 28.0 Å². The van der Waals surface area contributed by atoms with Crippen molar-refractivity contribution in [3.05, 3.63) is 72.1 Å². The molecular formula is C26H29NO4. The summed E-state index contributed by atoms with van der Waals surface area (Å²) in [5.41, 5.74) is 5.13. The van der Waals surface area contributed by atoms with Gasteiger partial charge in [-0.3, -0.25) is 14.6 Å². The average Bonchev–Trinajstić information content (AvgIpc) is 2.84. The summed E-state index contributed by atoms with van der Waals surface area (Å²) in [6.45, 7) is 6.15. The van der Waals surface area contributed by atoms with Crippen LogP contribution in [0.15, 0.2) is 60.9 Å². The first kappa shape index (κ1) is 23.8. The van der Waals surface area contributed by atoms with Gasteiger partial charge >= 0.3 is 5.97 Å². The van der Waals surface area contributed by atoms with Crippen molar-refractivity contribution in [3.63, 3.8) is 0 Å². The lowest BCUT2D eigenvalue weighted by Crippen LogP contribution is -2.06. The molecule has 3 rings (SSSR count). The lowest BCUT2D eigenvalue weighted by molar-refractivity contribution is -0.143. The first-order valence-corrected chi connectivity index (χ1v) is 10.5. The Hall–Kier alpha value is -3.47. The molecule has 5 nitrogen and oxygen atoms in total. The molecule has 0 bridgehead atoms. The van der Waals surface area contributed by atoms with Crippen LogP contribution in [0.2, 0.25) is 0 Å². The van der Waals surface area contributed by atoms with Crippen LogP contribution in [0.25, 0.3) is 22.3 Å². The number of carbonyl (C=O) groups excluding carboxylic acids is 2. The van der Waals surface area contributed by atoms with E-state index < -0.39 is 0 Å². The molecule has 0 spiro atoms. The number of aldehydes is 1. The number of pyridine rings is 1. The molecule has 0 aliphatic rings. The second-order valence-electron chi connectivity index (χ2n) is 6.49. The number of methoxy groups -OCH3 is 1. The Bertz CT molecular complexity index is 1000. The van der Waals surface area contributed by atoms with Gasteiger partial charge in [-0.2, -0.15) is 0 Å². The Morgan fingerprint density at radius 3 is 2.45 bits per heavy atom. The fourth-order valence-electron chi connectivity index (χ4n) is 3.27. The van der Waals surface area contributed by atoms with Gasteiger partial charge in [-0.25, -0.2) is 0 Å². The van der Waals surface area contributed by atoms with Gasteiger partial charge in [0.15, 0.2) is 6.29 Å². The highest BCUT2D eigenvalue weighted by Crippen LogP contribution is 2.32. The highest BCUT2D eigenvalue weighted by atomic mass is 16.5. The molecule has 2 aromatic carbocycles. The van der Waals surface area contributed by atoms with Crippen molar-refractivity contribution in [2.45, 2.75) is 33.6 Å². The van der Waals surface area contributed by atoms with Gasteiger partial charge in [-0.1, -0.05) is 38.1 Å². The number of carbonyl (C=O) groups is 2. The second-order valence-corrected chi connectivity index (χ2v) is 6.49. The molecule has 0 saturated carbocycles. The molecule has 0 unspecified atom stereocenters.